The maximum Gasteiger partial charge on any atom is 0.130 e. The number of benzene rings is 1. The molecule has 0 aliphatic carbocycles. The Morgan fingerprint density at radius 2 is 2.21 bits per heavy atom. The number of hydrogen-bond acceptors (Lipinski definition) is 4. The normalized spacial score (nSPS) is 20.5. The minimum atomic E-state index is -0.125. The second-order valence-electron chi connectivity index (χ2n) is 3.40. The third-order valence-corrected chi connectivity index (χ3v) is 3.62. The lowest BCUT2D eigenvalue weighted by molar-refractivity contribution is 0.565. The molecule has 1 aliphatic heterocycles. The molecule has 1 aliphatic rings. The fraction of sp³-hybridized carbons (Fsp3) is 0.200. The first-order chi connectivity index (χ1) is 6.84. The van der Waals surface area contributed by atoms with Gasteiger partial charge in [-0.3, -0.25) is 11.1 Å². The van der Waals surface area contributed by atoms with Crippen molar-refractivity contribution in [3.63, 3.8) is 0 Å². The van der Waals surface area contributed by atoms with Crippen LogP contribution in [0.5, 0.6) is 0 Å². The van der Waals surface area contributed by atoms with Gasteiger partial charge in [-0.25, -0.2) is 0 Å². The molecule has 0 amide bonds. The summed E-state index contributed by atoms with van der Waals surface area (Å²) in [7, 11) is 0. The maximum absolute atomic E-state index is 5.78. The van der Waals surface area contributed by atoms with Gasteiger partial charge in [0.25, 0.3) is 0 Å². The molecule has 2 aromatic rings. The zero-order chi connectivity index (χ0) is 9.54. The molecule has 0 saturated heterocycles. The highest BCUT2D eigenvalue weighted by molar-refractivity contribution is 7.19. The van der Waals surface area contributed by atoms with Crippen LogP contribution in [0, 0.1) is 0 Å². The van der Waals surface area contributed by atoms with Crippen LogP contribution in [0.4, 0.5) is 5.69 Å². The van der Waals surface area contributed by atoms with Gasteiger partial charge in [-0.15, -0.1) is 11.3 Å². The second-order valence-corrected chi connectivity index (χ2v) is 4.54. The van der Waals surface area contributed by atoms with Crippen molar-refractivity contribution >= 4 is 27.1 Å². The molecule has 2 heterocycles. The molecule has 0 bridgehead atoms. The Morgan fingerprint density at radius 1 is 1.36 bits per heavy atom. The first kappa shape index (κ1) is 8.23. The van der Waals surface area contributed by atoms with Crippen molar-refractivity contribution in [3.05, 3.63) is 29.1 Å². The highest BCUT2D eigenvalue weighted by Gasteiger charge is 2.18. The summed E-state index contributed by atoms with van der Waals surface area (Å²) >= 11 is 1.82. The molecule has 0 saturated carbocycles. The predicted molar refractivity (Wildman–Crippen MR) is 60.3 cm³/mol. The summed E-state index contributed by atoms with van der Waals surface area (Å²) in [6.07, 6.45) is -0.125. The van der Waals surface area contributed by atoms with E-state index in [0.29, 0.717) is 0 Å². The van der Waals surface area contributed by atoms with Crippen molar-refractivity contribution in [2.24, 2.45) is 5.73 Å². The molecule has 0 fully saturated rings. The summed E-state index contributed by atoms with van der Waals surface area (Å²) in [6, 6.07) is 8.41. The molecule has 1 unspecified atom stereocenters. The van der Waals surface area contributed by atoms with E-state index in [4.69, 9.17) is 5.73 Å². The van der Waals surface area contributed by atoms with Crippen LogP contribution >= 0.6 is 11.3 Å². The van der Waals surface area contributed by atoms with Gasteiger partial charge >= 0.3 is 0 Å². The average Bonchev–Trinajstić information content (AvgIpc) is 2.56. The molecule has 14 heavy (non-hydrogen) atoms. The van der Waals surface area contributed by atoms with Gasteiger partial charge in [0.05, 0.1) is 5.69 Å². The van der Waals surface area contributed by atoms with Crippen LogP contribution in [0.3, 0.4) is 0 Å². The lowest BCUT2D eigenvalue weighted by Gasteiger charge is -2.22. The summed E-state index contributed by atoms with van der Waals surface area (Å²) in [5, 5.41) is 7.72. The minimum absolute atomic E-state index is 0.125. The largest absolute Gasteiger partial charge is 0.356 e. The summed E-state index contributed by atoms with van der Waals surface area (Å²) in [6.45, 7) is 0.864. The van der Waals surface area contributed by atoms with Crippen molar-refractivity contribution in [1.29, 1.82) is 0 Å². The molecule has 3 rings (SSSR count). The third kappa shape index (κ3) is 1.12. The summed E-state index contributed by atoms with van der Waals surface area (Å²) < 4.78 is 1.32. The van der Waals surface area contributed by atoms with E-state index in [-0.39, 0.29) is 6.29 Å². The molecule has 0 radical (unpaired) electrons. The van der Waals surface area contributed by atoms with Crippen molar-refractivity contribution in [2.75, 3.05) is 5.32 Å². The zero-order valence-corrected chi connectivity index (χ0v) is 8.40. The van der Waals surface area contributed by atoms with Gasteiger partial charge in [0.2, 0.25) is 0 Å². The fourth-order valence-corrected chi connectivity index (χ4v) is 2.91. The number of nitrogens with two attached hydrogens (primary N) is 1. The van der Waals surface area contributed by atoms with Crippen molar-refractivity contribution in [1.82, 2.24) is 5.32 Å². The molecule has 3 nitrogen and oxygen atoms in total. The van der Waals surface area contributed by atoms with Crippen LogP contribution in [0.1, 0.15) is 4.88 Å². The van der Waals surface area contributed by atoms with Crippen LogP contribution in [-0.2, 0) is 6.54 Å². The summed E-state index contributed by atoms with van der Waals surface area (Å²) in [4.78, 5) is 1.34. The van der Waals surface area contributed by atoms with E-state index in [2.05, 4.69) is 34.9 Å². The number of fused-ring (bicyclic) bond motifs is 3. The quantitative estimate of drug-likeness (QED) is 0.613. The van der Waals surface area contributed by atoms with Gasteiger partial charge in [0.15, 0.2) is 0 Å². The molecular weight excluding hydrogens is 194 g/mol. The Hall–Kier alpha value is -1.10. The number of hydrogen-bond donors (Lipinski definition) is 3. The second kappa shape index (κ2) is 2.95. The van der Waals surface area contributed by atoms with Crippen molar-refractivity contribution in [2.45, 2.75) is 12.8 Å². The van der Waals surface area contributed by atoms with E-state index >= 15 is 0 Å². The Labute approximate surface area is 85.9 Å². The van der Waals surface area contributed by atoms with Crippen molar-refractivity contribution < 1.29 is 0 Å². The van der Waals surface area contributed by atoms with Gasteiger partial charge in [-0.05, 0) is 6.07 Å². The highest BCUT2D eigenvalue weighted by atomic mass is 32.1. The SMILES string of the molecule is NC1NCc2sc3ccccc3c2N1. The lowest BCUT2D eigenvalue weighted by Crippen LogP contribution is -2.46. The number of nitrogens with one attached hydrogen (secondary N) is 2. The molecular formula is C10H11N3S. The predicted octanol–water partition coefficient (Wildman–Crippen LogP) is 1.66. The van der Waals surface area contributed by atoms with Crippen LogP contribution < -0.4 is 16.4 Å². The smallest absolute Gasteiger partial charge is 0.130 e. The third-order valence-electron chi connectivity index (χ3n) is 2.45. The molecule has 72 valence electrons. The van der Waals surface area contributed by atoms with Gasteiger partial charge in [0.1, 0.15) is 6.29 Å². The molecule has 0 spiro atoms. The van der Waals surface area contributed by atoms with Crippen LogP contribution in [0.25, 0.3) is 10.1 Å². The summed E-state index contributed by atoms with van der Waals surface area (Å²) in [5.74, 6) is 0. The first-order valence-electron chi connectivity index (χ1n) is 4.60. The number of anilines is 1. The highest BCUT2D eigenvalue weighted by Crippen LogP contribution is 2.36. The van der Waals surface area contributed by atoms with E-state index in [9.17, 15) is 0 Å². The van der Waals surface area contributed by atoms with Crippen LogP contribution in [-0.4, -0.2) is 6.29 Å². The Kier molecular flexibility index (Phi) is 1.73. The van der Waals surface area contributed by atoms with E-state index in [0.717, 1.165) is 6.54 Å². The van der Waals surface area contributed by atoms with E-state index in [1.54, 1.807) is 0 Å². The Morgan fingerprint density at radius 3 is 3.14 bits per heavy atom. The van der Waals surface area contributed by atoms with Crippen LogP contribution in [0.2, 0.25) is 0 Å². The van der Waals surface area contributed by atoms with Gasteiger partial charge in [0, 0.05) is 21.5 Å². The molecule has 1 aromatic heterocycles. The maximum atomic E-state index is 5.78. The van der Waals surface area contributed by atoms with Gasteiger partial charge < -0.3 is 5.32 Å². The summed E-state index contributed by atoms with van der Waals surface area (Å²) in [5.41, 5.74) is 6.99. The average molecular weight is 205 g/mol. The molecule has 1 aromatic carbocycles. The van der Waals surface area contributed by atoms with Crippen LogP contribution in [0.15, 0.2) is 24.3 Å². The number of rotatable bonds is 0. The fourth-order valence-electron chi connectivity index (χ4n) is 1.79. The first-order valence-corrected chi connectivity index (χ1v) is 5.42. The van der Waals surface area contributed by atoms with E-state index in [1.165, 1.54) is 20.7 Å². The Bertz CT molecular complexity index is 477. The monoisotopic (exact) mass is 205 g/mol. The molecule has 4 heteroatoms. The Balaban J connectivity index is 2.25. The van der Waals surface area contributed by atoms with Crippen molar-refractivity contribution in [3.8, 4) is 0 Å². The number of thiophene rings is 1. The lowest BCUT2D eigenvalue weighted by atomic mass is 10.2. The minimum Gasteiger partial charge on any atom is -0.356 e. The molecule has 4 N–H and O–H groups in total. The zero-order valence-electron chi connectivity index (χ0n) is 7.58. The standard InChI is InChI=1S/C10H11N3S/c11-10-12-5-8-9(13-10)6-3-1-2-4-7(6)14-8/h1-4,10,12-13H,5,11H2. The van der Waals surface area contributed by atoms with Gasteiger partial charge in [-0.2, -0.15) is 0 Å². The molecule has 1 atom stereocenters. The topological polar surface area (TPSA) is 50.1 Å². The van der Waals surface area contributed by atoms with Gasteiger partial charge in [-0.1, -0.05) is 18.2 Å². The van der Waals surface area contributed by atoms with E-state index < -0.39 is 0 Å². The van der Waals surface area contributed by atoms with E-state index in [1.807, 2.05) is 11.3 Å².